The third-order valence-electron chi connectivity index (χ3n) is 4.48. The predicted octanol–water partition coefficient (Wildman–Crippen LogP) is 3.25. The lowest BCUT2D eigenvalue weighted by atomic mass is 10.0. The van der Waals surface area contributed by atoms with Crippen LogP contribution >= 0.6 is 0 Å². The van der Waals surface area contributed by atoms with E-state index in [1.54, 1.807) is 0 Å². The van der Waals surface area contributed by atoms with Gasteiger partial charge in [0.1, 0.15) is 6.17 Å². The average Bonchev–Trinajstić information content (AvgIpc) is 2.75. The highest BCUT2D eigenvalue weighted by Crippen LogP contribution is 2.32. The zero-order valence-electron chi connectivity index (χ0n) is 13.2. The molecule has 20 heavy (non-hydrogen) atoms. The van der Waals surface area contributed by atoms with Crippen LogP contribution in [0.5, 0.6) is 0 Å². The Bertz CT molecular complexity index is 484. The summed E-state index contributed by atoms with van der Waals surface area (Å²) in [7, 11) is 0. The third-order valence-corrected chi connectivity index (χ3v) is 4.48. The van der Waals surface area contributed by atoms with Crippen molar-refractivity contribution < 1.29 is 4.79 Å². The van der Waals surface area contributed by atoms with Gasteiger partial charge >= 0.3 is 0 Å². The molecule has 1 aliphatic heterocycles. The van der Waals surface area contributed by atoms with Crippen LogP contribution in [0.25, 0.3) is 0 Å². The molecule has 0 aliphatic carbocycles. The Morgan fingerprint density at radius 2 is 1.90 bits per heavy atom. The molecule has 1 amide bonds. The summed E-state index contributed by atoms with van der Waals surface area (Å²) >= 11 is 0. The number of rotatable bonds is 4. The Labute approximate surface area is 122 Å². The van der Waals surface area contributed by atoms with Crippen LogP contribution in [-0.4, -0.2) is 22.9 Å². The van der Waals surface area contributed by atoms with Crippen molar-refractivity contribution >= 4 is 5.91 Å². The molecule has 2 rings (SSSR count). The molecule has 0 spiro atoms. The molecule has 1 aliphatic rings. The molecule has 1 aromatic rings. The first-order valence-corrected chi connectivity index (χ1v) is 7.61. The van der Waals surface area contributed by atoms with Gasteiger partial charge in [-0.3, -0.25) is 10.1 Å². The van der Waals surface area contributed by atoms with E-state index >= 15 is 0 Å². The minimum absolute atomic E-state index is 0.00560. The van der Waals surface area contributed by atoms with E-state index in [-0.39, 0.29) is 24.2 Å². The van der Waals surface area contributed by atoms with E-state index in [2.05, 4.69) is 52.1 Å². The summed E-state index contributed by atoms with van der Waals surface area (Å²) in [5, 5.41) is 3.51. The van der Waals surface area contributed by atoms with Crippen LogP contribution in [0.15, 0.2) is 24.3 Å². The predicted molar refractivity (Wildman–Crippen MR) is 82.3 cm³/mol. The molecule has 1 fully saturated rings. The maximum atomic E-state index is 12.6. The van der Waals surface area contributed by atoms with Gasteiger partial charge in [-0.2, -0.15) is 0 Å². The van der Waals surface area contributed by atoms with Crippen LogP contribution in [0.3, 0.4) is 0 Å². The lowest BCUT2D eigenvalue weighted by Gasteiger charge is -2.33. The van der Waals surface area contributed by atoms with Gasteiger partial charge in [-0.25, -0.2) is 0 Å². The third kappa shape index (κ3) is 2.59. The number of nitrogens with zero attached hydrogens (tertiary/aromatic N) is 1. The summed E-state index contributed by atoms with van der Waals surface area (Å²) in [5.74, 6) is 0.685. The second kappa shape index (κ2) is 5.96. The SMILES string of the molecule is CCC1NC(c2ccccc2C)N(C(C)C(C)C)C1=O. The minimum atomic E-state index is -0.0548. The largest absolute Gasteiger partial charge is 0.319 e. The van der Waals surface area contributed by atoms with Gasteiger partial charge in [0, 0.05) is 6.04 Å². The fourth-order valence-electron chi connectivity index (χ4n) is 2.83. The highest BCUT2D eigenvalue weighted by Gasteiger charge is 2.42. The highest BCUT2D eigenvalue weighted by atomic mass is 16.2. The molecule has 110 valence electrons. The summed E-state index contributed by atoms with van der Waals surface area (Å²) in [6.07, 6.45) is 0.841. The minimum Gasteiger partial charge on any atom is -0.319 e. The van der Waals surface area contributed by atoms with Gasteiger partial charge in [-0.05, 0) is 37.3 Å². The van der Waals surface area contributed by atoms with Crippen molar-refractivity contribution in [1.29, 1.82) is 0 Å². The van der Waals surface area contributed by atoms with Gasteiger partial charge in [0.2, 0.25) is 5.91 Å². The normalized spacial score (nSPS) is 24.5. The maximum Gasteiger partial charge on any atom is 0.241 e. The molecule has 0 aromatic heterocycles. The highest BCUT2D eigenvalue weighted by molar-refractivity contribution is 5.85. The van der Waals surface area contributed by atoms with E-state index in [9.17, 15) is 4.79 Å². The Hall–Kier alpha value is -1.35. The standard InChI is InChI=1S/C17H26N2O/c1-6-15-17(20)19(13(5)11(2)3)16(18-15)14-10-8-7-9-12(14)4/h7-11,13,15-16,18H,6H2,1-5H3. The molecule has 3 unspecified atom stereocenters. The van der Waals surface area contributed by atoms with E-state index in [4.69, 9.17) is 0 Å². The molecule has 0 radical (unpaired) electrons. The van der Waals surface area contributed by atoms with Crippen LogP contribution in [0.2, 0.25) is 0 Å². The van der Waals surface area contributed by atoms with Crippen LogP contribution in [0, 0.1) is 12.8 Å². The summed E-state index contributed by atoms with van der Waals surface area (Å²) in [5.41, 5.74) is 2.44. The topological polar surface area (TPSA) is 32.3 Å². The number of amides is 1. The molecule has 1 N–H and O–H groups in total. The molecule has 3 heteroatoms. The second-order valence-corrected chi connectivity index (χ2v) is 6.12. The van der Waals surface area contributed by atoms with Crippen molar-refractivity contribution in [2.24, 2.45) is 5.92 Å². The number of benzene rings is 1. The molecule has 0 bridgehead atoms. The molecule has 3 nitrogen and oxygen atoms in total. The van der Waals surface area contributed by atoms with Crippen LogP contribution in [0.1, 0.15) is 51.4 Å². The van der Waals surface area contributed by atoms with E-state index in [1.165, 1.54) is 11.1 Å². The van der Waals surface area contributed by atoms with Crippen molar-refractivity contribution in [2.75, 3.05) is 0 Å². The van der Waals surface area contributed by atoms with Crippen molar-refractivity contribution in [1.82, 2.24) is 10.2 Å². The smallest absolute Gasteiger partial charge is 0.241 e. The number of nitrogens with one attached hydrogen (secondary N) is 1. The first-order valence-electron chi connectivity index (χ1n) is 7.61. The monoisotopic (exact) mass is 274 g/mol. The zero-order chi connectivity index (χ0) is 14.9. The molecule has 1 heterocycles. The van der Waals surface area contributed by atoms with Crippen molar-refractivity contribution in [3.05, 3.63) is 35.4 Å². The molecule has 1 aromatic carbocycles. The number of hydrogen-bond acceptors (Lipinski definition) is 2. The Kier molecular flexibility index (Phi) is 4.48. The first kappa shape index (κ1) is 15.0. The lowest BCUT2D eigenvalue weighted by Crippen LogP contribution is -2.41. The first-order chi connectivity index (χ1) is 9.47. The fourth-order valence-corrected chi connectivity index (χ4v) is 2.83. The van der Waals surface area contributed by atoms with Gasteiger partial charge in [0.05, 0.1) is 6.04 Å². The molecular formula is C17H26N2O. The summed E-state index contributed by atoms with van der Waals surface area (Å²) in [4.78, 5) is 14.7. The van der Waals surface area contributed by atoms with E-state index in [0.29, 0.717) is 5.92 Å². The van der Waals surface area contributed by atoms with Crippen LogP contribution < -0.4 is 5.32 Å². The van der Waals surface area contributed by atoms with E-state index in [0.717, 1.165) is 6.42 Å². The van der Waals surface area contributed by atoms with Gasteiger partial charge in [-0.1, -0.05) is 45.0 Å². The van der Waals surface area contributed by atoms with Crippen molar-refractivity contribution in [3.8, 4) is 0 Å². The van der Waals surface area contributed by atoms with Gasteiger partial charge in [0.25, 0.3) is 0 Å². The second-order valence-electron chi connectivity index (χ2n) is 6.12. The molecule has 1 saturated heterocycles. The molecule has 0 saturated carbocycles. The quantitative estimate of drug-likeness (QED) is 0.914. The number of carbonyl (C=O) groups excluding carboxylic acids is 1. The number of hydrogen-bond donors (Lipinski definition) is 1. The lowest BCUT2D eigenvalue weighted by molar-refractivity contribution is -0.133. The summed E-state index contributed by atoms with van der Waals surface area (Å²) < 4.78 is 0. The Morgan fingerprint density at radius 1 is 1.25 bits per heavy atom. The van der Waals surface area contributed by atoms with Gasteiger partial charge in [-0.15, -0.1) is 0 Å². The summed E-state index contributed by atoms with van der Waals surface area (Å²) in [6.45, 7) is 10.7. The van der Waals surface area contributed by atoms with Crippen LogP contribution in [-0.2, 0) is 4.79 Å². The summed E-state index contributed by atoms with van der Waals surface area (Å²) in [6, 6.07) is 8.50. The Morgan fingerprint density at radius 3 is 2.45 bits per heavy atom. The van der Waals surface area contributed by atoms with Crippen molar-refractivity contribution in [3.63, 3.8) is 0 Å². The van der Waals surface area contributed by atoms with Crippen molar-refractivity contribution in [2.45, 2.75) is 59.3 Å². The zero-order valence-corrected chi connectivity index (χ0v) is 13.2. The fraction of sp³-hybridized carbons (Fsp3) is 0.588. The molecular weight excluding hydrogens is 248 g/mol. The van der Waals surface area contributed by atoms with Gasteiger partial charge in [0.15, 0.2) is 0 Å². The van der Waals surface area contributed by atoms with Crippen LogP contribution in [0.4, 0.5) is 0 Å². The number of aryl methyl sites for hydroxylation is 1. The van der Waals surface area contributed by atoms with E-state index < -0.39 is 0 Å². The number of carbonyl (C=O) groups is 1. The van der Waals surface area contributed by atoms with Gasteiger partial charge < -0.3 is 4.90 Å². The molecule has 3 atom stereocenters. The maximum absolute atomic E-state index is 12.6. The Balaban J connectivity index is 2.39. The van der Waals surface area contributed by atoms with E-state index in [1.807, 2.05) is 17.0 Å². The average molecular weight is 274 g/mol.